The number of benzene rings is 1. The van der Waals surface area contributed by atoms with E-state index in [0.717, 1.165) is 11.4 Å². The van der Waals surface area contributed by atoms with E-state index in [4.69, 9.17) is 4.74 Å². The van der Waals surface area contributed by atoms with Gasteiger partial charge in [0.05, 0.1) is 28.2 Å². The Bertz CT molecular complexity index is 875. The summed E-state index contributed by atoms with van der Waals surface area (Å²) in [5, 5.41) is 15.3. The molecule has 0 unspecified atom stereocenters. The molecule has 3 fully saturated rings. The Morgan fingerprint density at radius 2 is 1.85 bits per heavy atom. The number of hydrogen-bond donors (Lipinski definition) is 1. The first-order valence-corrected chi connectivity index (χ1v) is 10.3. The smallest absolute Gasteiger partial charge is 0.254 e. The summed E-state index contributed by atoms with van der Waals surface area (Å²) in [5.74, 6) is 1.15. The Hall–Kier alpha value is -1.90. The molecule has 0 aromatic heterocycles. The SMILES string of the molecule is CCOc1cc(C=NN2C(=O)[C@@H]3[C@H]4C=C[C@@H]([C@@H]5C[C@H]45)[C@H]3C2=O)cc(I)c1O. The highest BCUT2D eigenvalue weighted by molar-refractivity contribution is 14.1. The molecule has 7 heteroatoms. The van der Waals surface area contributed by atoms with Gasteiger partial charge in [-0.05, 0) is 77.3 Å². The number of carbonyl (C=O) groups is 2. The molecule has 27 heavy (non-hydrogen) atoms. The number of amides is 2. The van der Waals surface area contributed by atoms with E-state index in [1.54, 1.807) is 12.1 Å². The number of carbonyl (C=O) groups excluding carboxylic acids is 2. The Balaban J connectivity index is 1.42. The largest absolute Gasteiger partial charge is 0.504 e. The van der Waals surface area contributed by atoms with E-state index >= 15 is 0 Å². The number of hydrogen-bond acceptors (Lipinski definition) is 5. The maximum absolute atomic E-state index is 12.9. The van der Waals surface area contributed by atoms with Crippen molar-refractivity contribution in [3.05, 3.63) is 33.4 Å². The molecule has 1 aromatic rings. The van der Waals surface area contributed by atoms with E-state index in [2.05, 4.69) is 17.3 Å². The van der Waals surface area contributed by atoms with Crippen molar-refractivity contribution in [2.24, 2.45) is 40.6 Å². The van der Waals surface area contributed by atoms with Gasteiger partial charge in [-0.2, -0.15) is 10.1 Å². The molecular weight excluding hydrogens is 459 g/mol. The van der Waals surface area contributed by atoms with Crippen LogP contribution in [0.25, 0.3) is 0 Å². The van der Waals surface area contributed by atoms with Crippen LogP contribution in [0.1, 0.15) is 18.9 Å². The molecule has 5 aliphatic rings. The zero-order chi connectivity index (χ0) is 18.9. The maximum Gasteiger partial charge on any atom is 0.254 e. The predicted molar refractivity (Wildman–Crippen MR) is 106 cm³/mol. The summed E-state index contributed by atoms with van der Waals surface area (Å²) in [6, 6.07) is 3.39. The minimum atomic E-state index is -0.243. The maximum atomic E-state index is 12.9. The number of ether oxygens (including phenoxy) is 1. The van der Waals surface area contributed by atoms with Crippen LogP contribution in [0.5, 0.6) is 11.5 Å². The van der Waals surface area contributed by atoms with E-state index in [9.17, 15) is 14.7 Å². The molecule has 0 radical (unpaired) electrons. The van der Waals surface area contributed by atoms with Crippen molar-refractivity contribution < 1.29 is 19.4 Å². The normalized spacial score (nSPS) is 35.7. The molecule has 2 bridgehead atoms. The van der Waals surface area contributed by atoms with Crippen LogP contribution in [-0.4, -0.2) is 34.8 Å². The van der Waals surface area contributed by atoms with Gasteiger partial charge in [0.25, 0.3) is 11.8 Å². The van der Waals surface area contributed by atoms with E-state index in [1.807, 2.05) is 29.5 Å². The van der Waals surface area contributed by atoms with E-state index in [-0.39, 0.29) is 41.2 Å². The molecule has 2 saturated carbocycles. The molecule has 4 aliphatic carbocycles. The lowest BCUT2D eigenvalue weighted by molar-refractivity contribution is -0.140. The lowest BCUT2D eigenvalue weighted by Gasteiger charge is -2.37. The van der Waals surface area contributed by atoms with Crippen LogP contribution < -0.4 is 4.74 Å². The molecule has 6 atom stereocenters. The van der Waals surface area contributed by atoms with Gasteiger partial charge in [0.2, 0.25) is 0 Å². The Kier molecular flexibility index (Phi) is 3.86. The molecule has 1 aliphatic heterocycles. The molecule has 6 rings (SSSR count). The number of phenolic OH excluding ortho intramolecular Hbond substituents is 1. The lowest BCUT2D eigenvalue weighted by Crippen LogP contribution is -2.40. The van der Waals surface area contributed by atoms with Gasteiger partial charge in [0, 0.05) is 0 Å². The molecule has 140 valence electrons. The highest BCUT2D eigenvalue weighted by atomic mass is 127. The van der Waals surface area contributed by atoms with Crippen molar-refractivity contribution >= 4 is 40.6 Å². The molecule has 1 N–H and O–H groups in total. The van der Waals surface area contributed by atoms with Gasteiger partial charge in [-0.3, -0.25) is 9.59 Å². The topological polar surface area (TPSA) is 79.2 Å². The molecule has 0 spiro atoms. The number of rotatable bonds is 4. The second-order valence-electron chi connectivity index (χ2n) is 7.67. The van der Waals surface area contributed by atoms with Crippen molar-refractivity contribution in [2.75, 3.05) is 6.61 Å². The Labute approximate surface area is 170 Å². The van der Waals surface area contributed by atoms with Crippen molar-refractivity contribution in [3.63, 3.8) is 0 Å². The molecule has 6 nitrogen and oxygen atoms in total. The second-order valence-corrected chi connectivity index (χ2v) is 8.83. The average molecular weight is 478 g/mol. The zero-order valence-electron chi connectivity index (χ0n) is 14.7. The first-order valence-electron chi connectivity index (χ1n) is 9.26. The van der Waals surface area contributed by atoms with Gasteiger partial charge in [0.15, 0.2) is 11.5 Å². The minimum absolute atomic E-state index is 0.0795. The number of nitrogens with zero attached hydrogens (tertiary/aromatic N) is 2. The predicted octanol–water partition coefficient (Wildman–Crippen LogP) is 2.78. The summed E-state index contributed by atoms with van der Waals surface area (Å²) >= 11 is 2.01. The van der Waals surface area contributed by atoms with Gasteiger partial charge in [-0.15, -0.1) is 0 Å². The van der Waals surface area contributed by atoms with Crippen molar-refractivity contribution in [1.29, 1.82) is 0 Å². The van der Waals surface area contributed by atoms with Gasteiger partial charge in [-0.25, -0.2) is 0 Å². The summed E-state index contributed by atoms with van der Waals surface area (Å²) in [4.78, 5) is 25.8. The monoisotopic (exact) mass is 478 g/mol. The quantitative estimate of drug-likeness (QED) is 0.313. The summed E-state index contributed by atoms with van der Waals surface area (Å²) < 4.78 is 6.05. The number of aromatic hydroxyl groups is 1. The Morgan fingerprint density at radius 3 is 2.44 bits per heavy atom. The summed E-state index contributed by atoms with van der Waals surface area (Å²) in [7, 11) is 0. The second kappa shape index (κ2) is 6.05. The van der Waals surface area contributed by atoms with Crippen molar-refractivity contribution in [1.82, 2.24) is 5.01 Å². The fraction of sp³-hybridized carbons (Fsp3) is 0.450. The summed E-state index contributed by atoms with van der Waals surface area (Å²) in [6.45, 7) is 2.26. The van der Waals surface area contributed by atoms with E-state index < -0.39 is 0 Å². The summed E-state index contributed by atoms with van der Waals surface area (Å²) in [5.41, 5.74) is 0.667. The van der Waals surface area contributed by atoms with Crippen LogP contribution in [-0.2, 0) is 9.59 Å². The third-order valence-corrected chi connectivity index (χ3v) is 7.13. The van der Waals surface area contributed by atoms with E-state index in [0.29, 0.717) is 33.3 Å². The van der Waals surface area contributed by atoms with Crippen LogP contribution in [0, 0.1) is 39.1 Å². The number of imide groups is 1. The first kappa shape index (κ1) is 17.2. The third kappa shape index (κ3) is 2.47. The van der Waals surface area contributed by atoms with Crippen LogP contribution >= 0.6 is 22.6 Å². The fourth-order valence-electron chi connectivity index (χ4n) is 5.11. The van der Waals surface area contributed by atoms with Crippen molar-refractivity contribution in [2.45, 2.75) is 13.3 Å². The zero-order valence-corrected chi connectivity index (χ0v) is 16.9. The van der Waals surface area contributed by atoms with Crippen LogP contribution in [0.4, 0.5) is 0 Å². The lowest BCUT2D eigenvalue weighted by atomic mass is 9.63. The van der Waals surface area contributed by atoms with Crippen LogP contribution in [0.2, 0.25) is 0 Å². The molecule has 1 aromatic carbocycles. The molecule has 2 amide bonds. The average Bonchev–Trinajstić information content (AvgIpc) is 3.43. The standard InChI is InChI=1S/C20H19IN2O4/c1-2-27-15-6-9(5-14(21)18(15)24)8-22-23-19(25)16-10-3-4-11(13-7-12(10)13)17(16)20(23)26/h3-6,8,10-13,16-17,24H,2,7H2,1H3/t10-,11-,12-,13+,16+,17+/m0/s1. The number of allylic oxidation sites excluding steroid dienone is 2. The number of halogens is 1. The third-order valence-electron chi connectivity index (χ3n) is 6.31. The summed E-state index contributed by atoms with van der Waals surface area (Å²) in [6.07, 6.45) is 6.93. The number of hydrazone groups is 1. The van der Waals surface area contributed by atoms with Crippen LogP contribution in [0.15, 0.2) is 29.4 Å². The first-order chi connectivity index (χ1) is 13.0. The molecule has 1 saturated heterocycles. The van der Waals surface area contributed by atoms with Crippen LogP contribution in [0.3, 0.4) is 0 Å². The van der Waals surface area contributed by atoms with Crippen molar-refractivity contribution in [3.8, 4) is 11.5 Å². The van der Waals surface area contributed by atoms with Gasteiger partial charge < -0.3 is 9.84 Å². The molecular formula is C20H19IN2O4. The number of phenols is 1. The highest BCUT2D eigenvalue weighted by Gasteiger charge is 2.67. The highest BCUT2D eigenvalue weighted by Crippen LogP contribution is 2.65. The van der Waals surface area contributed by atoms with Gasteiger partial charge >= 0.3 is 0 Å². The van der Waals surface area contributed by atoms with Gasteiger partial charge in [-0.1, -0.05) is 12.2 Å². The van der Waals surface area contributed by atoms with E-state index in [1.165, 1.54) is 6.21 Å². The fourth-order valence-corrected chi connectivity index (χ4v) is 5.74. The van der Waals surface area contributed by atoms with Gasteiger partial charge in [0.1, 0.15) is 0 Å². The molecule has 1 heterocycles. The Morgan fingerprint density at radius 1 is 1.22 bits per heavy atom. The minimum Gasteiger partial charge on any atom is -0.504 e.